The summed E-state index contributed by atoms with van der Waals surface area (Å²) in [6.45, 7) is 3.89. The Morgan fingerprint density at radius 2 is 1.76 bits per heavy atom. The van der Waals surface area contributed by atoms with Crippen LogP contribution in [-0.4, -0.2) is 34.0 Å². The molecule has 7 heteroatoms. The number of hydrogen-bond acceptors (Lipinski definition) is 6. The topological polar surface area (TPSA) is 66.8 Å². The second kappa shape index (κ2) is 7.03. The van der Waals surface area contributed by atoms with Gasteiger partial charge in [-0.2, -0.15) is 0 Å². The minimum atomic E-state index is 0.495. The number of nitrogens with one attached hydrogen (secondary N) is 1. The largest absolute Gasteiger partial charge is 0.375 e. The van der Waals surface area contributed by atoms with Crippen molar-refractivity contribution in [2.75, 3.05) is 24.3 Å². The molecular weight excluding hydrogens is 336 g/mol. The standard InChI is InChI=1S/C18H19ClN6/c1-11-14(10-22-18(19)17(11)25(3)4)13-5-7-21-16(9-13)24-15-6-8-20-12(2)23-15/h5-10H,1-4H3,(H,20,21,23,24). The number of aryl methyl sites for hydroxylation is 1. The number of halogens is 1. The van der Waals surface area contributed by atoms with Crippen molar-refractivity contribution in [3.63, 3.8) is 0 Å². The number of anilines is 3. The zero-order valence-corrected chi connectivity index (χ0v) is 15.3. The van der Waals surface area contributed by atoms with Crippen LogP contribution in [0.15, 0.2) is 36.8 Å². The molecule has 0 radical (unpaired) electrons. The Morgan fingerprint density at radius 1 is 1.00 bits per heavy atom. The Bertz CT molecular complexity index is 910. The van der Waals surface area contributed by atoms with E-state index in [-0.39, 0.29) is 0 Å². The van der Waals surface area contributed by atoms with Crippen molar-refractivity contribution in [1.29, 1.82) is 0 Å². The third kappa shape index (κ3) is 3.69. The van der Waals surface area contributed by atoms with Gasteiger partial charge >= 0.3 is 0 Å². The first-order chi connectivity index (χ1) is 12.0. The molecule has 0 spiro atoms. The fraction of sp³-hybridized carbons (Fsp3) is 0.222. The molecule has 0 aliphatic rings. The quantitative estimate of drug-likeness (QED) is 0.714. The highest BCUT2D eigenvalue weighted by molar-refractivity contribution is 6.32. The van der Waals surface area contributed by atoms with E-state index in [4.69, 9.17) is 11.6 Å². The average Bonchev–Trinajstić information content (AvgIpc) is 2.55. The third-order valence-corrected chi connectivity index (χ3v) is 4.09. The van der Waals surface area contributed by atoms with Gasteiger partial charge in [0.2, 0.25) is 0 Å². The highest BCUT2D eigenvalue weighted by Gasteiger charge is 2.14. The highest BCUT2D eigenvalue weighted by Crippen LogP contribution is 2.34. The molecule has 1 N–H and O–H groups in total. The molecular formula is C18H19ClN6. The lowest BCUT2D eigenvalue weighted by atomic mass is 10.0. The van der Waals surface area contributed by atoms with Crippen LogP contribution in [0.25, 0.3) is 11.1 Å². The van der Waals surface area contributed by atoms with Crippen LogP contribution in [0.3, 0.4) is 0 Å². The van der Waals surface area contributed by atoms with Gasteiger partial charge in [0.15, 0.2) is 5.15 Å². The van der Waals surface area contributed by atoms with E-state index in [1.807, 2.05) is 45.0 Å². The molecule has 0 saturated carbocycles. The molecule has 3 heterocycles. The molecule has 3 rings (SSSR count). The van der Waals surface area contributed by atoms with E-state index in [1.54, 1.807) is 24.7 Å². The number of nitrogens with zero attached hydrogens (tertiary/aromatic N) is 5. The monoisotopic (exact) mass is 354 g/mol. The molecule has 0 amide bonds. The van der Waals surface area contributed by atoms with Crippen LogP contribution in [0.2, 0.25) is 5.15 Å². The summed E-state index contributed by atoms with van der Waals surface area (Å²) in [6.07, 6.45) is 5.26. The van der Waals surface area contributed by atoms with Gasteiger partial charge in [-0.1, -0.05) is 11.6 Å². The summed E-state index contributed by atoms with van der Waals surface area (Å²) in [5.41, 5.74) is 4.00. The molecule has 3 aromatic rings. The Kier molecular flexibility index (Phi) is 4.81. The maximum absolute atomic E-state index is 6.25. The molecule has 0 saturated heterocycles. The van der Waals surface area contributed by atoms with Gasteiger partial charge < -0.3 is 10.2 Å². The van der Waals surface area contributed by atoms with E-state index in [2.05, 4.69) is 25.3 Å². The lowest BCUT2D eigenvalue weighted by Crippen LogP contribution is -2.12. The van der Waals surface area contributed by atoms with Crippen LogP contribution in [-0.2, 0) is 0 Å². The summed E-state index contributed by atoms with van der Waals surface area (Å²) >= 11 is 6.25. The van der Waals surface area contributed by atoms with Gasteiger partial charge in [0, 0.05) is 38.2 Å². The average molecular weight is 355 g/mol. The molecule has 6 nitrogen and oxygen atoms in total. The first-order valence-corrected chi connectivity index (χ1v) is 8.19. The molecule has 25 heavy (non-hydrogen) atoms. The Balaban J connectivity index is 1.98. The molecule has 0 atom stereocenters. The van der Waals surface area contributed by atoms with Gasteiger partial charge in [0.1, 0.15) is 17.5 Å². The second-order valence-corrected chi connectivity index (χ2v) is 6.23. The van der Waals surface area contributed by atoms with E-state index in [9.17, 15) is 0 Å². The van der Waals surface area contributed by atoms with Gasteiger partial charge in [-0.3, -0.25) is 0 Å². The summed E-state index contributed by atoms with van der Waals surface area (Å²) < 4.78 is 0. The lowest BCUT2D eigenvalue weighted by molar-refractivity contribution is 1.05. The first kappa shape index (κ1) is 17.1. The lowest BCUT2D eigenvalue weighted by Gasteiger charge is -2.19. The molecule has 128 valence electrons. The minimum absolute atomic E-state index is 0.495. The maximum Gasteiger partial charge on any atom is 0.152 e. The van der Waals surface area contributed by atoms with E-state index in [0.29, 0.717) is 22.6 Å². The van der Waals surface area contributed by atoms with Crippen molar-refractivity contribution in [3.05, 3.63) is 53.3 Å². The van der Waals surface area contributed by atoms with Crippen LogP contribution in [0, 0.1) is 13.8 Å². The summed E-state index contributed by atoms with van der Waals surface area (Å²) in [4.78, 5) is 19.1. The Labute approximate surface area is 151 Å². The molecule has 0 unspecified atom stereocenters. The number of rotatable bonds is 4. The summed E-state index contributed by atoms with van der Waals surface area (Å²) in [7, 11) is 3.91. The van der Waals surface area contributed by atoms with Gasteiger partial charge in [0.05, 0.1) is 5.69 Å². The summed E-state index contributed by atoms with van der Waals surface area (Å²) in [5, 5.41) is 3.70. The zero-order valence-electron chi connectivity index (χ0n) is 14.6. The van der Waals surface area contributed by atoms with Gasteiger partial charge in [-0.25, -0.2) is 19.9 Å². The van der Waals surface area contributed by atoms with Crippen LogP contribution in [0.4, 0.5) is 17.3 Å². The van der Waals surface area contributed by atoms with Crippen LogP contribution in [0.1, 0.15) is 11.4 Å². The summed E-state index contributed by atoms with van der Waals surface area (Å²) in [5.74, 6) is 2.11. The first-order valence-electron chi connectivity index (χ1n) is 7.81. The normalized spacial score (nSPS) is 10.6. The predicted molar refractivity (Wildman–Crippen MR) is 102 cm³/mol. The van der Waals surface area contributed by atoms with E-state index in [0.717, 1.165) is 22.4 Å². The van der Waals surface area contributed by atoms with Crippen LogP contribution in [0.5, 0.6) is 0 Å². The number of hydrogen-bond donors (Lipinski definition) is 1. The molecule has 0 bridgehead atoms. The minimum Gasteiger partial charge on any atom is -0.375 e. The Hall–Kier alpha value is -2.73. The van der Waals surface area contributed by atoms with Crippen LogP contribution >= 0.6 is 11.6 Å². The van der Waals surface area contributed by atoms with Crippen molar-refractivity contribution >= 4 is 28.9 Å². The SMILES string of the molecule is Cc1nccc(Nc2cc(-c3cnc(Cl)c(N(C)C)c3C)ccn2)n1. The zero-order chi connectivity index (χ0) is 18.0. The molecule has 0 aliphatic heterocycles. The van der Waals surface area contributed by atoms with Crippen molar-refractivity contribution in [2.24, 2.45) is 0 Å². The Morgan fingerprint density at radius 3 is 2.48 bits per heavy atom. The number of pyridine rings is 2. The molecule has 0 aromatic carbocycles. The van der Waals surface area contributed by atoms with Crippen molar-refractivity contribution in [1.82, 2.24) is 19.9 Å². The molecule has 0 aliphatic carbocycles. The van der Waals surface area contributed by atoms with E-state index < -0.39 is 0 Å². The summed E-state index contributed by atoms with van der Waals surface area (Å²) in [6, 6.07) is 5.73. The van der Waals surface area contributed by atoms with Gasteiger partial charge in [-0.15, -0.1) is 0 Å². The van der Waals surface area contributed by atoms with Gasteiger partial charge in [-0.05, 0) is 43.2 Å². The smallest absolute Gasteiger partial charge is 0.152 e. The molecule has 3 aromatic heterocycles. The fourth-order valence-corrected chi connectivity index (χ4v) is 3.06. The van der Waals surface area contributed by atoms with Crippen molar-refractivity contribution < 1.29 is 0 Å². The maximum atomic E-state index is 6.25. The predicted octanol–water partition coefficient (Wildman–Crippen LogP) is 4.01. The van der Waals surface area contributed by atoms with Crippen molar-refractivity contribution in [2.45, 2.75) is 13.8 Å². The second-order valence-electron chi connectivity index (χ2n) is 5.87. The van der Waals surface area contributed by atoms with Crippen molar-refractivity contribution in [3.8, 4) is 11.1 Å². The van der Waals surface area contributed by atoms with E-state index >= 15 is 0 Å². The third-order valence-electron chi connectivity index (χ3n) is 3.81. The van der Waals surface area contributed by atoms with E-state index in [1.165, 1.54) is 0 Å². The van der Waals surface area contributed by atoms with Gasteiger partial charge in [0.25, 0.3) is 0 Å². The van der Waals surface area contributed by atoms with Crippen LogP contribution < -0.4 is 10.2 Å². The number of aromatic nitrogens is 4. The molecule has 0 fully saturated rings. The fourth-order valence-electron chi connectivity index (χ4n) is 2.70. The highest BCUT2D eigenvalue weighted by atomic mass is 35.5.